The van der Waals surface area contributed by atoms with Gasteiger partial charge in [-0.3, -0.25) is 4.79 Å². The number of likely N-dealkylation sites (tertiary alicyclic amines) is 1. The minimum atomic E-state index is -3.34. The lowest BCUT2D eigenvalue weighted by atomic mass is 10.1. The fourth-order valence-corrected chi connectivity index (χ4v) is 5.47. The minimum Gasteiger partial charge on any atom is -0.468 e. The van der Waals surface area contributed by atoms with E-state index < -0.39 is 15.1 Å². The maximum atomic E-state index is 12.8. The van der Waals surface area contributed by atoms with Gasteiger partial charge in [0.25, 0.3) is 0 Å². The van der Waals surface area contributed by atoms with Crippen LogP contribution in [0.25, 0.3) is 10.9 Å². The quantitative estimate of drug-likeness (QED) is 0.675. The van der Waals surface area contributed by atoms with Crippen LogP contribution in [-0.2, 0) is 33.9 Å². The van der Waals surface area contributed by atoms with Crippen LogP contribution in [0.3, 0.4) is 0 Å². The minimum absolute atomic E-state index is 0.0259. The second-order valence-electron chi connectivity index (χ2n) is 7.10. The van der Waals surface area contributed by atoms with Gasteiger partial charge in [-0.15, -0.1) is 0 Å². The zero-order chi connectivity index (χ0) is 19.0. The van der Waals surface area contributed by atoms with Crippen molar-refractivity contribution in [3.63, 3.8) is 0 Å². The molecule has 3 heterocycles. The summed E-state index contributed by atoms with van der Waals surface area (Å²) in [5.41, 5.74) is 2.06. The van der Waals surface area contributed by atoms with Gasteiger partial charge in [-0.05, 0) is 30.2 Å². The van der Waals surface area contributed by atoms with E-state index in [2.05, 4.69) is 0 Å². The van der Waals surface area contributed by atoms with Crippen molar-refractivity contribution in [3.8, 4) is 0 Å². The lowest BCUT2D eigenvalue weighted by Gasteiger charge is -2.16. The van der Waals surface area contributed by atoms with Gasteiger partial charge in [-0.25, -0.2) is 8.42 Å². The van der Waals surface area contributed by atoms with Crippen LogP contribution in [-0.4, -0.2) is 42.1 Å². The molecule has 142 valence electrons. The Hall–Kier alpha value is -2.54. The number of furan rings is 1. The summed E-state index contributed by atoms with van der Waals surface area (Å²) in [5, 5.41) is 0.536. The fourth-order valence-electron chi connectivity index (χ4n) is 3.80. The molecule has 1 saturated heterocycles. The van der Waals surface area contributed by atoms with Crippen LogP contribution in [0.5, 0.6) is 0 Å². The third kappa shape index (κ3) is 3.51. The van der Waals surface area contributed by atoms with E-state index in [9.17, 15) is 13.2 Å². The van der Waals surface area contributed by atoms with Crippen molar-refractivity contribution in [1.82, 2.24) is 9.47 Å². The van der Waals surface area contributed by atoms with Crippen molar-refractivity contribution >= 4 is 26.6 Å². The van der Waals surface area contributed by atoms with Gasteiger partial charge in [0.15, 0.2) is 9.84 Å². The number of aromatic nitrogens is 1. The molecule has 0 saturated carbocycles. The smallest absolute Gasteiger partial charge is 0.227 e. The molecular formula is C20H22N2O4S. The van der Waals surface area contributed by atoms with Gasteiger partial charge in [-0.2, -0.15) is 0 Å². The second-order valence-corrected chi connectivity index (χ2v) is 9.38. The SMILES string of the molecule is Cn1cc(CC(=O)N2CCC(S(=O)(=O)Cc3ccco3)C2)c2ccccc21. The molecule has 3 aromatic rings. The van der Waals surface area contributed by atoms with E-state index in [-0.39, 0.29) is 24.6 Å². The molecule has 1 aromatic carbocycles. The number of para-hydroxylation sites is 1. The predicted octanol–water partition coefficient (Wildman–Crippen LogP) is 2.53. The number of fused-ring (bicyclic) bond motifs is 1. The number of sulfone groups is 1. The fraction of sp³-hybridized carbons (Fsp3) is 0.350. The van der Waals surface area contributed by atoms with E-state index in [4.69, 9.17) is 4.42 Å². The second kappa shape index (κ2) is 6.88. The Balaban J connectivity index is 1.45. The molecular weight excluding hydrogens is 364 g/mol. The van der Waals surface area contributed by atoms with Gasteiger partial charge in [0, 0.05) is 37.2 Å². The summed E-state index contributed by atoms with van der Waals surface area (Å²) in [5.74, 6) is 0.299. The third-order valence-electron chi connectivity index (χ3n) is 5.25. The molecule has 1 fully saturated rings. The molecule has 1 unspecified atom stereocenters. The van der Waals surface area contributed by atoms with Gasteiger partial charge < -0.3 is 13.9 Å². The number of hydrogen-bond donors (Lipinski definition) is 0. The molecule has 0 bridgehead atoms. The number of carbonyl (C=O) groups excluding carboxylic acids is 1. The van der Waals surface area contributed by atoms with Gasteiger partial charge in [0.2, 0.25) is 5.91 Å². The van der Waals surface area contributed by atoms with E-state index in [1.807, 2.05) is 42.1 Å². The highest BCUT2D eigenvalue weighted by atomic mass is 32.2. The molecule has 4 rings (SSSR count). The molecule has 1 aliphatic rings. The Morgan fingerprint density at radius 3 is 2.81 bits per heavy atom. The highest BCUT2D eigenvalue weighted by molar-refractivity contribution is 7.91. The highest BCUT2D eigenvalue weighted by Crippen LogP contribution is 2.24. The Morgan fingerprint density at radius 2 is 2.04 bits per heavy atom. The molecule has 6 nitrogen and oxygen atoms in total. The Morgan fingerprint density at radius 1 is 1.22 bits per heavy atom. The van der Waals surface area contributed by atoms with E-state index in [0.29, 0.717) is 18.7 Å². The molecule has 0 N–H and O–H groups in total. The molecule has 2 aromatic heterocycles. The largest absolute Gasteiger partial charge is 0.468 e. The number of benzene rings is 1. The third-order valence-corrected chi connectivity index (χ3v) is 7.34. The number of nitrogens with zero attached hydrogens (tertiary/aromatic N) is 2. The summed E-state index contributed by atoms with van der Waals surface area (Å²) in [6.07, 6.45) is 4.21. The summed E-state index contributed by atoms with van der Waals surface area (Å²) in [6, 6.07) is 11.3. The molecule has 0 spiro atoms. The van der Waals surface area contributed by atoms with Crippen LogP contribution in [0.2, 0.25) is 0 Å². The first-order chi connectivity index (χ1) is 12.9. The van der Waals surface area contributed by atoms with Gasteiger partial charge in [0.05, 0.1) is 17.9 Å². The molecule has 0 aliphatic carbocycles. The van der Waals surface area contributed by atoms with Crippen LogP contribution in [0, 0.1) is 0 Å². The van der Waals surface area contributed by atoms with Crippen LogP contribution in [0.1, 0.15) is 17.7 Å². The standard InChI is InChI=1S/C20H22N2O4S/c1-21-12-15(18-6-2-3-7-19(18)21)11-20(23)22-9-8-17(13-22)27(24,25)14-16-5-4-10-26-16/h2-7,10,12,17H,8-9,11,13-14H2,1H3. The number of carbonyl (C=O) groups is 1. The normalized spacial score (nSPS) is 17.7. The first-order valence-corrected chi connectivity index (χ1v) is 10.7. The molecule has 7 heteroatoms. The van der Waals surface area contributed by atoms with Crippen molar-refractivity contribution in [2.75, 3.05) is 13.1 Å². The topological polar surface area (TPSA) is 72.5 Å². The number of amides is 1. The summed E-state index contributed by atoms with van der Waals surface area (Å²) >= 11 is 0. The Labute approximate surface area is 158 Å². The first kappa shape index (κ1) is 17.9. The number of hydrogen-bond acceptors (Lipinski definition) is 4. The van der Waals surface area contributed by atoms with Crippen molar-refractivity contribution in [1.29, 1.82) is 0 Å². The van der Waals surface area contributed by atoms with Crippen molar-refractivity contribution in [2.45, 2.75) is 23.8 Å². The lowest BCUT2D eigenvalue weighted by molar-refractivity contribution is -0.129. The van der Waals surface area contributed by atoms with Gasteiger partial charge in [-0.1, -0.05) is 18.2 Å². The molecule has 1 atom stereocenters. The van der Waals surface area contributed by atoms with Crippen molar-refractivity contribution in [3.05, 3.63) is 60.2 Å². The van der Waals surface area contributed by atoms with Crippen molar-refractivity contribution in [2.24, 2.45) is 7.05 Å². The number of aryl methyl sites for hydroxylation is 1. The monoisotopic (exact) mass is 386 g/mol. The predicted molar refractivity (Wildman–Crippen MR) is 103 cm³/mol. The molecule has 1 aliphatic heterocycles. The zero-order valence-corrected chi connectivity index (χ0v) is 16.0. The zero-order valence-electron chi connectivity index (χ0n) is 15.2. The average Bonchev–Trinajstić information content (AvgIpc) is 3.37. The molecule has 0 radical (unpaired) electrons. The molecule has 1 amide bonds. The maximum Gasteiger partial charge on any atom is 0.227 e. The van der Waals surface area contributed by atoms with Gasteiger partial charge >= 0.3 is 0 Å². The van der Waals surface area contributed by atoms with Crippen molar-refractivity contribution < 1.29 is 17.6 Å². The van der Waals surface area contributed by atoms with Crippen LogP contribution < -0.4 is 0 Å². The maximum absolute atomic E-state index is 12.8. The molecule has 27 heavy (non-hydrogen) atoms. The van der Waals surface area contributed by atoms with Gasteiger partial charge in [0.1, 0.15) is 11.5 Å². The number of rotatable bonds is 5. The highest BCUT2D eigenvalue weighted by Gasteiger charge is 2.35. The van der Waals surface area contributed by atoms with E-state index >= 15 is 0 Å². The van der Waals surface area contributed by atoms with Crippen LogP contribution in [0.4, 0.5) is 0 Å². The first-order valence-electron chi connectivity index (χ1n) is 8.99. The lowest BCUT2D eigenvalue weighted by Crippen LogP contribution is -2.33. The van der Waals surface area contributed by atoms with E-state index in [1.165, 1.54) is 6.26 Å². The summed E-state index contributed by atoms with van der Waals surface area (Å²) in [4.78, 5) is 14.4. The van der Waals surface area contributed by atoms with E-state index in [1.54, 1.807) is 17.0 Å². The van der Waals surface area contributed by atoms with E-state index in [0.717, 1.165) is 16.5 Å². The average molecular weight is 386 g/mol. The summed E-state index contributed by atoms with van der Waals surface area (Å²) < 4.78 is 32.4. The Bertz CT molecular complexity index is 1070. The van der Waals surface area contributed by atoms with Crippen LogP contribution >= 0.6 is 0 Å². The Kier molecular flexibility index (Phi) is 4.55. The summed E-state index contributed by atoms with van der Waals surface area (Å²) in [6.45, 7) is 0.734. The summed E-state index contributed by atoms with van der Waals surface area (Å²) in [7, 11) is -1.38. The van der Waals surface area contributed by atoms with Crippen LogP contribution in [0.15, 0.2) is 53.3 Å².